The summed E-state index contributed by atoms with van der Waals surface area (Å²) < 4.78 is 0. The Morgan fingerprint density at radius 1 is 1.20 bits per heavy atom. The lowest BCUT2D eigenvalue weighted by molar-refractivity contribution is 0.451. The molecule has 3 N–H and O–H groups in total. The molecule has 7 heteroatoms. The smallest absolute Gasteiger partial charge is 0.264 e. The molecule has 2 rings (SSSR count). The van der Waals surface area contributed by atoms with E-state index in [-0.39, 0.29) is 23.1 Å². The molecule has 0 saturated carbocycles. The van der Waals surface area contributed by atoms with Crippen LogP contribution in [0.15, 0.2) is 34.8 Å². The van der Waals surface area contributed by atoms with Crippen LogP contribution in [0.5, 0.6) is 11.5 Å². The quantitative estimate of drug-likeness (QED) is 0.647. The number of hydrogen-bond donors (Lipinski definition) is 3. The van der Waals surface area contributed by atoms with Gasteiger partial charge in [-0.15, -0.1) is 10.2 Å². The first kappa shape index (κ1) is 9.13. The van der Waals surface area contributed by atoms with Gasteiger partial charge in [-0.3, -0.25) is 0 Å². The van der Waals surface area contributed by atoms with E-state index in [4.69, 9.17) is 5.11 Å². The number of benzene rings is 1. The summed E-state index contributed by atoms with van der Waals surface area (Å²) in [6.07, 6.45) is 1.30. The number of nitrogens with zero attached hydrogens (tertiary/aromatic N) is 4. The Morgan fingerprint density at radius 2 is 2.07 bits per heavy atom. The Hall–Kier alpha value is -2.44. The number of aromatic hydroxyl groups is 2. The summed E-state index contributed by atoms with van der Waals surface area (Å²) in [5.41, 5.74) is 0.240. The minimum Gasteiger partial charge on any atom is -0.508 e. The maximum absolute atomic E-state index is 9.36. The van der Waals surface area contributed by atoms with Crippen molar-refractivity contribution in [2.45, 2.75) is 0 Å². The minimum atomic E-state index is -0.154. The second-order valence-electron chi connectivity index (χ2n) is 2.68. The summed E-state index contributed by atoms with van der Waals surface area (Å²) in [7, 11) is 0. The first-order valence-electron chi connectivity index (χ1n) is 4.05. The first-order chi connectivity index (χ1) is 7.25. The number of rotatable bonds is 2. The summed E-state index contributed by atoms with van der Waals surface area (Å²) in [5, 5.41) is 31.9. The van der Waals surface area contributed by atoms with Gasteiger partial charge in [0, 0.05) is 6.07 Å². The monoisotopic (exact) mass is 205 g/mol. The molecule has 0 fully saturated rings. The third-order valence-electron chi connectivity index (χ3n) is 1.61. The Labute approximate surface area is 84.1 Å². The van der Waals surface area contributed by atoms with Crippen LogP contribution in [0.3, 0.4) is 0 Å². The van der Waals surface area contributed by atoms with Gasteiger partial charge in [-0.1, -0.05) is 0 Å². The van der Waals surface area contributed by atoms with Crippen LogP contribution in [0, 0.1) is 0 Å². The molecule has 1 aromatic heterocycles. The summed E-state index contributed by atoms with van der Waals surface area (Å²) >= 11 is 0. The molecule has 0 bridgehead atoms. The van der Waals surface area contributed by atoms with E-state index in [9.17, 15) is 5.11 Å². The van der Waals surface area contributed by atoms with E-state index < -0.39 is 0 Å². The van der Waals surface area contributed by atoms with Gasteiger partial charge in [0.2, 0.25) is 0 Å². The van der Waals surface area contributed by atoms with E-state index in [1.54, 1.807) is 0 Å². The molecule has 0 aliphatic rings. The highest BCUT2D eigenvalue weighted by Gasteiger charge is 2.00. The summed E-state index contributed by atoms with van der Waals surface area (Å²) in [5.74, 6) is 0.0480. The molecular formula is C8H7N5O2. The molecule has 1 aromatic carbocycles. The Morgan fingerprint density at radius 3 is 2.73 bits per heavy atom. The van der Waals surface area contributed by atoms with E-state index in [1.165, 1.54) is 24.5 Å². The van der Waals surface area contributed by atoms with E-state index in [0.29, 0.717) is 0 Å². The number of phenolic OH excluding ortho intramolecular Hbond substituents is 2. The van der Waals surface area contributed by atoms with Crippen LogP contribution in [-0.2, 0) is 0 Å². The number of aromatic nitrogens is 3. The number of aromatic amines is 1. The van der Waals surface area contributed by atoms with E-state index >= 15 is 0 Å². The lowest BCUT2D eigenvalue weighted by atomic mass is 10.3. The van der Waals surface area contributed by atoms with Crippen LogP contribution in [0.1, 0.15) is 0 Å². The number of phenols is 2. The normalized spacial score (nSPS) is 10.9. The van der Waals surface area contributed by atoms with Gasteiger partial charge in [0.25, 0.3) is 5.95 Å². The number of hydrogen-bond acceptors (Lipinski definition) is 6. The highest BCUT2D eigenvalue weighted by atomic mass is 16.3. The third-order valence-corrected chi connectivity index (χ3v) is 1.61. The Bertz CT molecular complexity index is 480. The SMILES string of the molecule is Oc1ccc(/N=N/c2ncn[nH]2)c(O)c1. The van der Waals surface area contributed by atoms with Crippen LogP contribution >= 0.6 is 0 Å². The van der Waals surface area contributed by atoms with Crippen molar-refractivity contribution < 1.29 is 10.2 Å². The van der Waals surface area contributed by atoms with Crippen molar-refractivity contribution in [3.63, 3.8) is 0 Å². The van der Waals surface area contributed by atoms with Crippen molar-refractivity contribution in [3.8, 4) is 11.5 Å². The molecule has 0 saturated heterocycles. The summed E-state index contributed by atoms with van der Waals surface area (Å²) in [6, 6.07) is 4.01. The fourth-order valence-corrected chi connectivity index (χ4v) is 0.945. The maximum atomic E-state index is 9.36. The number of H-pyrrole nitrogens is 1. The van der Waals surface area contributed by atoms with Gasteiger partial charge >= 0.3 is 0 Å². The van der Waals surface area contributed by atoms with Crippen molar-refractivity contribution >= 4 is 11.6 Å². The van der Waals surface area contributed by atoms with Crippen LogP contribution in [0.25, 0.3) is 0 Å². The fourth-order valence-electron chi connectivity index (χ4n) is 0.945. The van der Waals surface area contributed by atoms with Gasteiger partial charge in [-0.25, -0.2) is 5.10 Å². The van der Waals surface area contributed by atoms with Crippen LogP contribution < -0.4 is 0 Å². The molecule has 1 heterocycles. The highest BCUT2D eigenvalue weighted by molar-refractivity contribution is 5.53. The second-order valence-corrected chi connectivity index (χ2v) is 2.68. The Balaban J connectivity index is 2.24. The van der Waals surface area contributed by atoms with E-state index in [0.717, 1.165) is 0 Å². The van der Waals surface area contributed by atoms with Gasteiger partial charge in [-0.2, -0.15) is 10.1 Å². The predicted octanol–water partition coefficient (Wildman–Crippen LogP) is 1.63. The lowest BCUT2D eigenvalue weighted by Gasteiger charge is -1.96. The van der Waals surface area contributed by atoms with Crippen LogP contribution in [0.2, 0.25) is 0 Å². The molecular weight excluding hydrogens is 198 g/mol. The van der Waals surface area contributed by atoms with Crippen molar-refractivity contribution in [1.29, 1.82) is 0 Å². The molecule has 0 radical (unpaired) electrons. The topological polar surface area (TPSA) is 107 Å². The van der Waals surface area contributed by atoms with Crippen molar-refractivity contribution in [2.24, 2.45) is 10.2 Å². The molecule has 0 aliphatic carbocycles. The fraction of sp³-hybridized carbons (Fsp3) is 0. The molecule has 0 spiro atoms. The summed E-state index contributed by atoms with van der Waals surface area (Å²) in [6.45, 7) is 0. The van der Waals surface area contributed by atoms with Crippen LogP contribution in [-0.4, -0.2) is 25.4 Å². The largest absolute Gasteiger partial charge is 0.508 e. The van der Waals surface area contributed by atoms with Crippen LogP contribution in [0.4, 0.5) is 11.6 Å². The zero-order chi connectivity index (χ0) is 10.7. The van der Waals surface area contributed by atoms with Gasteiger partial charge < -0.3 is 10.2 Å². The van der Waals surface area contributed by atoms with Crippen molar-refractivity contribution in [1.82, 2.24) is 15.2 Å². The van der Waals surface area contributed by atoms with Gasteiger partial charge in [-0.05, 0) is 12.1 Å². The zero-order valence-corrected chi connectivity index (χ0v) is 7.49. The minimum absolute atomic E-state index is 0.0360. The second kappa shape index (κ2) is 3.74. The highest BCUT2D eigenvalue weighted by Crippen LogP contribution is 2.30. The van der Waals surface area contributed by atoms with Crippen molar-refractivity contribution in [2.75, 3.05) is 0 Å². The third kappa shape index (κ3) is 2.08. The molecule has 2 aromatic rings. The van der Waals surface area contributed by atoms with Gasteiger partial charge in [0.15, 0.2) is 0 Å². The summed E-state index contributed by atoms with van der Waals surface area (Å²) in [4.78, 5) is 3.72. The lowest BCUT2D eigenvalue weighted by Crippen LogP contribution is -1.69. The average Bonchev–Trinajstić information content (AvgIpc) is 2.69. The van der Waals surface area contributed by atoms with E-state index in [2.05, 4.69) is 25.4 Å². The van der Waals surface area contributed by atoms with Crippen molar-refractivity contribution in [3.05, 3.63) is 24.5 Å². The molecule has 76 valence electrons. The molecule has 0 amide bonds. The average molecular weight is 205 g/mol. The molecule has 0 unspecified atom stereocenters. The van der Waals surface area contributed by atoms with Gasteiger partial charge in [0.1, 0.15) is 23.5 Å². The predicted molar refractivity (Wildman–Crippen MR) is 50.3 cm³/mol. The van der Waals surface area contributed by atoms with E-state index in [1.807, 2.05) is 0 Å². The van der Waals surface area contributed by atoms with Gasteiger partial charge in [0.05, 0.1) is 0 Å². The molecule has 15 heavy (non-hydrogen) atoms. The molecule has 0 atom stereocenters. The first-order valence-corrected chi connectivity index (χ1v) is 4.05. The number of nitrogens with one attached hydrogen (secondary N) is 1. The standard InChI is InChI=1S/C8H7N5O2/c14-5-1-2-6(7(15)3-5)11-13-8-9-4-10-12-8/h1-4,14-15H,(H,9,10,12)/b13-11+. The maximum Gasteiger partial charge on any atom is 0.264 e. The zero-order valence-electron chi connectivity index (χ0n) is 7.49. The molecule has 7 nitrogen and oxygen atoms in total. The molecule has 0 aliphatic heterocycles. The Kier molecular flexibility index (Phi) is 2.28. The number of azo groups is 1.